The zero-order valence-corrected chi connectivity index (χ0v) is 13.1. The minimum absolute atomic E-state index is 0.0500. The van der Waals surface area contributed by atoms with Crippen LogP contribution >= 0.6 is 11.6 Å². The molecule has 0 atom stereocenters. The molecule has 0 aliphatic heterocycles. The smallest absolute Gasteiger partial charge is 0.274 e. The molecule has 1 aliphatic rings. The molecular formula is C15H22ClN3O. The number of hydrogen-bond acceptors (Lipinski definition) is 3. The standard InChI is InChI=1S/C15H22ClN3O/c1-4-17-13-8-7-12(16)14(18-13)15(20)19(9-10(2)3)11-5-6-11/h7-8,10-11H,4-6,9H2,1-3H3,(H,17,18). The van der Waals surface area contributed by atoms with Crippen molar-refractivity contribution in [2.45, 2.75) is 39.7 Å². The van der Waals surface area contributed by atoms with E-state index in [1.165, 1.54) is 0 Å². The molecule has 1 saturated carbocycles. The Morgan fingerprint density at radius 1 is 1.50 bits per heavy atom. The van der Waals surface area contributed by atoms with Gasteiger partial charge in [0.05, 0.1) is 5.02 Å². The number of amides is 1. The molecule has 0 unspecified atom stereocenters. The van der Waals surface area contributed by atoms with Crippen molar-refractivity contribution in [3.8, 4) is 0 Å². The Hall–Kier alpha value is -1.29. The summed E-state index contributed by atoms with van der Waals surface area (Å²) in [5.74, 6) is 1.08. The maximum absolute atomic E-state index is 12.7. The van der Waals surface area contributed by atoms with Crippen LogP contribution in [-0.2, 0) is 0 Å². The van der Waals surface area contributed by atoms with Crippen molar-refractivity contribution >= 4 is 23.3 Å². The Balaban J connectivity index is 2.23. The van der Waals surface area contributed by atoms with E-state index >= 15 is 0 Å². The van der Waals surface area contributed by atoms with Gasteiger partial charge in [0.25, 0.3) is 5.91 Å². The number of pyridine rings is 1. The van der Waals surface area contributed by atoms with Crippen LogP contribution in [0, 0.1) is 5.92 Å². The van der Waals surface area contributed by atoms with Crippen molar-refractivity contribution in [1.29, 1.82) is 0 Å². The monoisotopic (exact) mass is 295 g/mol. The molecule has 2 rings (SSSR count). The van der Waals surface area contributed by atoms with Crippen LogP contribution in [0.5, 0.6) is 0 Å². The van der Waals surface area contributed by atoms with Gasteiger partial charge in [-0.05, 0) is 37.8 Å². The lowest BCUT2D eigenvalue weighted by Crippen LogP contribution is -2.36. The second kappa shape index (κ2) is 6.44. The van der Waals surface area contributed by atoms with Gasteiger partial charge < -0.3 is 10.2 Å². The average Bonchev–Trinajstić information content (AvgIpc) is 3.22. The number of aromatic nitrogens is 1. The molecule has 4 nitrogen and oxygen atoms in total. The first-order valence-electron chi connectivity index (χ1n) is 7.24. The van der Waals surface area contributed by atoms with E-state index in [4.69, 9.17) is 11.6 Å². The maximum atomic E-state index is 12.7. The zero-order chi connectivity index (χ0) is 14.7. The van der Waals surface area contributed by atoms with Gasteiger partial charge in [-0.1, -0.05) is 25.4 Å². The minimum atomic E-state index is -0.0500. The van der Waals surface area contributed by atoms with Crippen LogP contribution in [0.25, 0.3) is 0 Å². The molecule has 1 aromatic rings. The topological polar surface area (TPSA) is 45.2 Å². The van der Waals surface area contributed by atoms with Gasteiger partial charge in [-0.25, -0.2) is 4.98 Å². The largest absolute Gasteiger partial charge is 0.370 e. The first-order valence-corrected chi connectivity index (χ1v) is 7.62. The molecule has 110 valence electrons. The van der Waals surface area contributed by atoms with Gasteiger partial charge in [-0.3, -0.25) is 4.79 Å². The molecule has 0 spiro atoms. The number of hydrogen-bond donors (Lipinski definition) is 1. The molecule has 1 amide bonds. The highest BCUT2D eigenvalue weighted by molar-refractivity contribution is 6.33. The summed E-state index contributed by atoms with van der Waals surface area (Å²) in [6.07, 6.45) is 2.17. The van der Waals surface area contributed by atoms with Crippen LogP contribution in [0.1, 0.15) is 44.1 Å². The Kier molecular flexibility index (Phi) is 4.86. The molecular weight excluding hydrogens is 274 g/mol. The van der Waals surface area contributed by atoms with Crippen LogP contribution in [0.2, 0.25) is 5.02 Å². The van der Waals surface area contributed by atoms with E-state index < -0.39 is 0 Å². The van der Waals surface area contributed by atoms with Gasteiger partial charge >= 0.3 is 0 Å². The molecule has 1 fully saturated rings. The number of nitrogens with zero attached hydrogens (tertiary/aromatic N) is 2. The maximum Gasteiger partial charge on any atom is 0.274 e. The third-order valence-electron chi connectivity index (χ3n) is 3.22. The average molecular weight is 296 g/mol. The normalized spacial score (nSPS) is 14.4. The molecule has 0 saturated heterocycles. The molecule has 0 bridgehead atoms. The third kappa shape index (κ3) is 3.63. The fourth-order valence-corrected chi connectivity index (χ4v) is 2.37. The number of anilines is 1. The van der Waals surface area contributed by atoms with Gasteiger partial charge in [0.2, 0.25) is 0 Å². The minimum Gasteiger partial charge on any atom is -0.370 e. The summed E-state index contributed by atoms with van der Waals surface area (Å²) in [7, 11) is 0. The number of rotatable bonds is 6. The first kappa shape index (κ1) is 15.1. The van der Waals surface area contributed by atoms with Crippen LogP contribution in [0.4, 0.5) is 5.82 Å². The molecule has 1 N–H and O–H groups in total. The Morgan fingerprint density at radius 3 is 2.75 bits per heavy atom. The van der Waals surface area contributed by atoms with Gasteiger partial charge in [0, 0.05) is 19.1 Å². The van der Waals surface area contributed by atoms with E-state index in [1.807, 2.05) is 11.8 Å². The number of carbonyl (C=O) groups is 1. The van der Waals surface area contributed by atoms with E-state index in [0.29, 0.717) is 28.5 Å². The summed E-state index contributed by atoms with van der Waals surface area (Å²) in [6, 6.07) is 3.90. The summed E-state index contributed by atoms with van der Waals surface area (Å²) in [5.41, 5.74) is 0.359. The molecule has 1 aliphatic carbocycles. The highest BCUT2D eigenvalue weighted by atomic mass is 35.5. The summed E-state index contributed by atoms with van der Waals surface area (Å²) >= 11 is 6.16. The first-order chi connectivity index (χ1) is 9.52. The molecule has 0 aromatic carbocycles. The zero-order valence-electron chi connectivity index (χ0n) is 12.3. The molecule has 1 heterocycles. The molecule has 0 radical (unpaired) electrons. The molecule has 20 heavy (non-hydrogen) atoms. The van der Waals surface area contributed by atoms with Crippen molar-refractivity contribution in [3.05, 3.63) is 22.8 Å². The lowest BCUT2D eigenvalue weighted by molar-refractivity contribution is 0.0717. The van der Waals surface area contributed by atoms with Crippen molar-refractivity contribution in [3.63, 3.8) is 0 Å². The van der Waals surface area contributed by atoms with E-state index in [-0.39, 0.29) is 5.91 Å². The number of carbonyl (C=O) groups excluding carboxylic acids is 1. The summed E-state index contributed by atoms with van der Waals surface area (Å²) in [5, 5.41) is 3.54. The van der Waals surface area contributed by atoms with E-state index in [0.717, 1.165) is 25.9 Å². The highest BCUT2D eigenvalue weighted by Gasteiger charge is 2.34. The van der Waals surface area contributed by atoms with Crippen LogP contribution in [-0.4, -0.2) is 34.9 Å². The van der Waals surface area contributed by atoms with E-state index in [2.05, 4.69) is 24.1 Å². The predicted octanol–water partition coefficient (Wildman–Crippen LogP) is 3.43. The summed E-state index contributed by atoms with van der Waals surface area (Å²) in [4.78, 5) is 19.0. The lowest BCUT2D eigenvalue weighted by atomic mass is 10.2. The highest BCUT2D eigenvalue weighted by Crippen LogP contribution is 2.30. The Morgan fingerprint density at radius 2 is 2.20 bits per heavy atom. The van der Waals surface area contributed by atoms with Crippen molar-refractivity contribution in [1.82, 2.24) is 9.88 Å². The lowest BCUT2D eigenvalue weighted by Gasteiger charge is -2.24. The second-order valence-corrected chi connectivity index (χ2v) is 6.05. The van der Waals surface area contributed by atoms with E-state index in [9.17, 15) is 4.79 Å². The second-order valence-electron chi connectivity index (χ2n) is 5.64. The van der Waals surface area contributed by atoms with Crippen LogP contribution < -0.4 is 5.32 Å². The molecule has 5 heteroatoms. The third-order valence-corrected chi connectivity index (χ3v) is 3.52. The summed E-state index contributed by atoms with van der Waals surface area (Å²) < 4.78 is 0. The van der Waals surface area contributed by atoms with Gasteiger partial charge in [-0.2, -0.15) is 0 Å². The number of nitrogens with one attached hydrogen (secondary N) is 1. The predicted molar refractivity (Wildman–Crippen MR) is 82.3 cm³/mol. The summed E-state index contributed by atoms with van der Waals surface area (Å²) in [6.45, 7) is 7.75. The van der Waals surface area contributed by atoms with Gasteiger partial charge in [-0.15, -0.1) is 0 Å². The fraction of sp³-hybridized carbons (Fsp3) is 0.600. The van der Waals surface area contributed by atoms with Crippen molar-refractivity contribution in [2.75, 3.05) is 18.4 Å². The molecule has 1 aromatic heterocycles. The van der Waals surface area contributed by atoms with Crippen molar-refractivity contribution < 1.29 is 4.79 Å². The number of halogens is 1. The SMILES string of the molecule is CCNc1ccc(Cl)c(C(=O)N(CC(C)C)C2CC2)n1. The quantitative estimate of drug-likeness (QED) is 0.874. The van der Waals surface area contributed by atoms with Crippen LogP contribution in [0.15, 0.2) is 12.1 Å². The van der Waals surface area contributed by atoms with Crippen molar-refractivity contribution in [2.24, 2.45) is 5.92 Å². The Bertz CT molecular complexity index is 486. The van der Waals surface area contributed by atoms with Gasteiger partial charge in [0.1, 0.15) is 11.5 Å². The van der Waals surface area contributed by atoms with Gasteiger partial charge in [0.15, 0.2) is 0 Å². The van der Waals surface area contributed by atoms with E-state index in [1.54, 1.807) is 12.1 Å². The Labute approximate surface area is 125 Å². The van der Waals surface area contributed by atoms with Crippen LogP contribution in [0.3, 0.4) is 0 Å². The fourth-order valence-electron chi connectivity index (χ4n) is 2.19.